The summed E-state index contributed by atoms with van der Waals surface area (Å²) in [4.78, 5) is -2.04. The van der Waals surface area contributed by atoms with E-state index >= 15 is 0 Å². The van der Waals surface area contributed by atoms with E-state index in [0.717, 1.165) is 18.6 Å². The molecule has 0 aliphatic carbocycles. The van der Waals surface area contributed by atoms with Crippen molar-refractivity contribution in [2.45, 2.75) is 11.3 Å². The summed E-state index contributed by atoms with van der Waals surface area (Å²) in [6.07, 6.45) is 2.06. The highest BCUT2D eigenvalue weighted by molar-refractivity contribution is 8.46. The molecular weight excluding hydrogens is 317 g/mol. The molecule has 0 aliphatic heterocycles. The number of benzene rings is 1. The van der Waals surface area contributed by atoms with Crippen molar-refractivity contribution >= 4 is 32.2 Å². The SMILES string of the molecule is NCCc1c2ccoc2c(S(F)(F)(F)(F)F)c2ccoc12. The lowest BCUT2D eigenvalue weighted by molar-refractivity contribution is 0.365. The monoisotopic (exact) mass is 327 g/mol. The Balaban J connectivity index is 2.59. The van der Waals surface area contributed by atoms with Gasteiger partial charge in [0.05, 0.1) is 12.5 Å². The molecule has 0 atom stereocenters. The smallest absolute Gasteiger partial charge is 0.314 e. The zero-order valence-electron chi connectivity index (χ0n) is 10.4. The topological polar surface area (TPSA) is 52.3 Å². The highest BCUT2D eigenvalue weighted by Gasteiger charge is 2.68. The van der Waals surface area contributed by atoms with Crippen molar-refractivity contribution in [1.82, 2.24) is 0 Å². The molecule has 0 spiro atoms. The minimum Gasteiger partial charge on any atom is -0.464 e. The Kier molecular flexibility index (Phi) is 2.39. The lowest BCUT2D eigenvalue weighted by Crippen LogP contribution is -2.09. The first-order valence-electron chi connectivity index (χ1n) is 5.86. The second-order valence-electron chi connectivity index (χ2n) is 4.64. The molecule has 0 bridgehead atoms. The first-order valence-corrected chi connectivity index (χ1v) is 7.81. The first-order chi connectivity index (χ1) is 9.53. The number of hydrogen-bond donors (Lipinski definition) is 1. The Bertz CT molecular complexity index is 798. The van der Waals surface area contributed by atoms with Gasteiger partial charge in [-0.3, -0.25) is 0 Å². The van der Waals surface area contributed by atoms with Crippen molar-refractivity contribution in [2.75, 3.05) is 6.54 Å². The van der Waals surface area contributed by atoms with Crippen molar-refractivity contribution in [3.8, 4) is 0 Å². The van der Waals surface area contributed by atoms with Gasteiger partial charge >= 0.3 is 10.2 Å². The average molecular weight is 327 g/mol. The van der Waals surface area contributed by atoms with Gasteiger partial charge in [0, 0.05) is 16.3 Å². The molecule has 0 amide bonds. The number of fused-ring (bicyclic) bond motifs is 2. The third kappa shape index (κ3) is 2.16. The van der Waals surface area contributed by atoms with Crippen molar-refractivity contribution < 1.29 is 28.3 Å². The molecule has 3 aromatic rings. The van der Waals surface area contributed by atoms with Gasteiger partial charge < -0.3 is 14.6 Å². The van der Waals surface area contributed by atoms with Gasteiger partial charge in [0.15, 0.2) is 10.5 Å². The predicted molar refractivity (Wildman–Crippen MR) is 70.1 cm³/mol. The molecule has 2 aromatic heterocycles. The van der Waals surface area contributed by atoms with E-state index in [1.807, 2.05) is 0 Å². The zero-order valence-corrected chi connectivity index (χ0v) is 11.2. The minimum atomic E-state index is -9.94. The summed E-state index contributed by atoms with van der Waals surface area (Å²) in [6, 6.07) is 2.07. The molecule has 0 radical (unpaired) electrons. The summed E-state index contributed by atoms with van der Waals surface area (Å²) in [5.41, 5.74) is 4.63. The van der Waals surface area contributed by atoms with Crippen LogP contribution in [0.3, 0.4) is 0 Å². The Morgan fingerprint density at radius 3 is 2.05 bits per heavy atom. The second kappa shape index (κ2) is 3.53. The van der Waals surface area contributed by atoms with Gasteiger partial charge in [0.25, 0.3) is 0 Å². The number of hydrogen-bond acceptors (Lipinski definition) is 3. The van der Waals surface area contributed by atoms with E-state index in [1.54, 1.807) is 0 Å². The molecule has 9 heteroatoms. The normalized spacial score (nSPS) is 16.3. The van der Waals surface area contributed by atoms with Crippen LogP contribution >= 0.6 is 10.2 Å². The minimum absolute atomic E-state index is 0.0637. The van der Waals surface area contributed by atoms with E-state index < -0.39 is 26.1 Å². The quantitative estimate of drug-likeness (QED) is 0.661. The van der Waals surface area contributed by atoms with E-state index in [1.165, 1.54) is 6.07 Å². The zero-order chi connectivity index (χ0) is 15.5. The van der Waals surface area contributed by atoms with Crippen LogP contribution in [0, 0.1) is 0 Å². The summed E-state index contributed by atoms with van der Waals surface area (Å²) in [5.74, 6) is 0. The van der Waals surface area contributed by atoms with Crippen LogP contribution in [0.4, 0.5) is 19.4 Å². The van der Waals surface area contributed by atoms with Gasteiger partial charge in [0.2, 0.25) is 0 Å². The lowest BCUT2D eigenvalue weighted by Gasteiger charge is -2.40. The molecule has 21 heavy (non-hydrogen) atoms. The van der Waals surface area contributed by atoms with Gasteiger partial charge in [-0.1, -0.05) is 19.4 Å². The second-order valence-corrected chi connectivity index (χ2v) is 6.99. The van der Waals surface area contributed by atoms with E-state index in [0.29, 0.717) is 5.56 Å². The fourth-order valence-electron chi connectivity index (χ4n) is 2.46. The van der Waals surface area contributed by atoms with Crippen LogP contribution in [0.25, 0.3) is 21.9 Å². The molecule has 0 saturated heterocycles. The van der Waals surface area contributed by atoms with Crippen LogP contribution in [0.15, 0.2) is 38.4 Å². The molecule has 2 heterocycles. The Morgan fingerprint density at radius 1 is 0.905 bits per heavy atom. The maximum Gasteiger partial charge on any atom is 0.314 e. The van der Waals surface area contributed by atoms with E-state index in [-0.39, 0.29) is 23.9 Å². The van der Waals surface area contributed by atoms with Crippen LogP contribution in [-0.2, 0) is 6.42 Å². The van der Waals surface area contributed by atoms with Crippen molar-refractivity contribution in [3.05, 3.63) is 30.2 Å². The third-order valence-electron chi connectivity index (χ3n) is 3.16. The van der Waals surface area contributed by atoms with Gasteiger partial charge in [0.1, 0.15) is 5.58 Å². The molecular formula is C12H10F5NO2S. The van der Waals surface area contributed by atoms with Crippen LogP contribution in [0.5, 0.6) is 0 Å². The summed E-state index contributed by atoms with van der Waals surface area (Å²) < 4.78 is 76.5. The molecule has 1 aromatic carbocycles. The average Bonchev–Trinajstić information content (AvgIpc) is 2.92. The maximum atomic E-state index is 13.4. The molecule has 2 N–H and O–H groups in total. The fourth-order valence-corrected chi connectivity index (χ4v) is 3.55. The fraction of sp³-hybridized carbons (Fsp3) is 0.167. The van der Waals surface area contributed by atoms with Crippen LogP contribution in [-0.4, -0.2) is 6.54 Å². The van der Waals surface area contributed by atoms with Crippen LogP contribution in [0.1, 0.15) is 5.56 Å². The Morgan fingerprint density at radius 2 is 1.48 bits per heavy atom. The van der Waals surface area contributed by atoms with Gasteiger partial charge in [-0.25, -0.2) is 0 Å². The molecule has 3 rings (SSSR count). The summed E-state index contributed by atoms with van der Waals surface area (Å²) in [7, 11) is -9.94. The van der Waals surface area contributed by atoms with Crippen molar-refractivity contribution in [2.24, 2.45) is 5.73 Å². The molecule has 0 aliphatic rings. The number of furan rings is 2. The molecule has 116 valence electrons. The molecule has 0 fully saturated rings. The van der Waals surface area contributed by atoms with Crippen LogP contribution in [0.2, 0.25) is 0 Å². The standard InChI is InChI=1S/C12H10F5NO2S/c13-21(14,15,16,17)12-9-3-6-19-10(9)7(1-4-18)8-2-5-20-11(8)12/h2-3,5-6H,1,4,18H2. The first kappa shape index (κ1) is 14.2. The number of nitrogens with two attached hydrogens (primary N) is 1. The highest BCUT2D eigenvalue weighted by Crippen LogP contribution is 3.03. The lowest BCUT2D eigenvalue weighted by atomic mass is 10.0. The van der Waals surface area contributed by atoms with Gasteiger partial charge in [-0.05, 0) is 25.1 Å². The maximum absolute atomic E-state index is 13.4. The van der Waals surface area contributed by atoms with E-state index in [9.17, 15) is 19.4 Å². The van der Waals surface area contributed by atoms with Crippen molar-refractivity contribution in [3.63, 3.8) is 0 Å². The van der Waals surface area contributed by atoms with Gasteiger partial charge in [-0.15, -0.1) is 0 Å². The van der Waals surface area contributed by atoms with E-state index in [2.05, 4.69) is 0 Å². The summed E-state index contributed by atoms with van der Waals surface area (Å²) in [6.45, 7) is 0.131. The third-order valence-corrected chi connectivity index (χ3v) is 4.34. The highest BCUT2D eigenvalue weighted by atomic mass is 32.5. The molecule has 0 unspecified atom stereocenters. The summed E-state index contributed by atoms with van der Waals surface area (Å²) >= 11 is 0. The van der Waals surface area contributed by atoms with Crippen molar-refractivity contribution in [1.29, 1.82) is 0 Å². The van der Waals surface area contributed by atoms with Crippen LogP contribution < -0.4 is 5.73 Å². The predicted octanol–water partition coefficient (Wildman–Crippen LogP) is 5.34. The largest absolute Gasteiger partial charge is 0.464 e. The molecule has 0 saturated carbocycles. The number of halogens is 5. The Hall–Kier alpha value is -1.74. The molecule has 3 nitrogen and oxygen atoms in total. The summed E-state index contributed by atoms with van der Waals surface area (Å²) in [5, 5.41) is -0.772. The Labute approximate surface area is 115 Å². The van der Waals surface area contributed by atoms with Gasteiger partial charge in [-0.2, -0.15) is 0 Å². The number of rotatable bonds is 3. The van der Waals surface area contributed by atoms with E-state index in [4.69, 9.17) is 14.6 Å².